The molecule has 4 rings (SSSR count). The van der Waals surface area contributed by atoms with Crippen LogP contribution in [-0.4, -0.2) is 24.3 Å². The van der Waals surface area contributed by atoms with E-state index >= 15 is 0 Å². The molecule has 6 heteroatoms. The van der Waals surface area contributed by atoms with Gasteiger partial charge in [0.1, 0.15) is 17.4 Å². The number of aromatic nitrogens is 1. The fourth-order valence-electron chi connectivity index (χ4n) is 4.00. The highest BCUT2D eigenvalue weighted by molar-refractivity contribution is 6.32. The normalized spacial score (nSPS) is 14.7. The quantitative estimate of drug-likeness (QED) is 0.644. The molecule has 0 unspecified atom stereocenters. The van der Waals surface area contributed by atoms with Crippen LogP contribution < -0.4 is 15.2 Å². The zero-order chi connectivity index (χ0) is 20.4. The summed E-state index contributed by atoms with van der Waals surface area (Å²) < 4.78 is 7.47. The van der Waals surface area contributed by atoms with Crippen LogP contribution in [0.3, 0.4) is 0 Å². The maximum Gasteiger partial charge on any atom is 0.270 e. The van der Waals surface area contributed by atoms with Gasteiger partial charge < -0.3 is 14.2 Å². The first-order valence-electron chi connectivity index (χ1n) is 9.74. The fourth-order valence-corrected chi connectivity index (χ4v) is 4.19. The van der Waals surface area contributed by atoms with Crippen molar-refractivity contribution in [1.29, 1.82) is 5.26 Å². The fraction of sp³-hybridized carbons (Fsp3) is 0.304. The van der Waals surface area contributed by atoms with Gasteiger partial charge in [-0.2, -0.15) is 5.26 Å². The van der Waals surface area contributed by atoms with Crippen molar-refractivity contribution in [2.75, 3.05) is 24.6 Å². The molecule has 29 heavy (non-hydrogen) atoms. The molecule has 2 aromatic carbocycles. The molecule has 1 aromatic heterocycles. The number of ether oxygens (including phenoxy) is 1. The Balaban J connectivity index is 1.54. The molecule has 5 nitrogen and oxygen atoms in total. The predicted molar refractivity (Wildman–Crippen MR) is 116 cm³/mol. The molecule has 2 heterocycles. The number of piperidine rings is 1. The molecule has 1 aliphatic rings. The van der Waals surface area contributed by atoms with E-state index in [1.165, 1.54) is 0 Å². The maximum absolute atomic E-state index is 12.7. The van der Waals surface area contributed by atoms with E-state index in [0.717, 1.165) is 42.5 Å². The highest BCUT2D eigenvalue weighted by Crippen LogP contribution is 2.32. The largest absolute Gasteiger partial charge is 0.492 e. The molecule has 0 saturated carbocycles. The zero-order valence-corrected chi connectivity index (χ0v) is 17.0. The number of anilines is 1. The average Bonchev–Trinajstić information content (AvgIpc) is 2.76. The Hall–Kier alpha value is -2.97. The Labute approximate surface area is 174 Å². The van der Waals surface area contributed by atoms with Gasteiger partial charge in [0.25, 0.3) is 5.56 Å². The third-order valence-corrected chi connectivity index (χ3v) is 5.94. The summed E-state index contributed by atoms with van der Waals surface area (Å²) in [4.78, 5) is 14.9. The van der Waals surface area contributed by atoms with E-state index in [2.05, 4.69) is 11.0 Å². The van der Waals surface area contributed by atoms with Crippen molar-refractivity contribution < 1.29 is 4.74 Å². The lowest BCUT2D eigenvalue weighted by Gasteiger charge is -2.34. The third-order valence-electron chi connectivity index (χ3n) is 5.63. The van der Waals surface area contributed by atoms with E-state index in [1.54, 1.807) is 11.6 Å². The van der Waals surface area contributed by atoms with Crippen molar-refractivity contribution in [2.24, 2.45) is 13.0 Å². The van der Waals surface area contributed by atoms with E-state index in [0.29, 0.717) is 23.3 Å². The van der Waals surface area contributed by atoms with Crippen molar-refractivity contribution in [2.45, 2.75) is 12.8 Å². The van der Waals surface area contributed by atoms with Crippen LogP contribution in [0.1, 0.15) is 18.4 Å². The number of hydrogen-bond acceptors (Lipinski definition) is 4. The standard InChI is InChI=1S/C23H22ClN3O2/c1-26-20-8-4-2-6-17(20)22(18(14-25)23(26)28)27-12-10-16(11-13-27)15-29-21-9-5-3-7-19(21)24/h2-9,16H,10-13,15H2,1H3. The van der Waals surface area contributed by atoms with Crippen molar-refractivity contribution >= 4 is 28.2 Å². The highest BCUT2D eigenvalue weighted by Gasteiger charge is 2.25. The van der Waals surface area contributed by atoms with Gasteiger partial charge in [0.2, 0.25) is 0 Å². The number of aryl methyl sites for hydroxylation is 1. The molecular weight excluding hydrogens is 386 g/mol. The first-order chi connectivity index (χ1) is 14.1. The Bertz CT molecular complexity index is 1140. The summed E-state index contributed by atoms with van der Waals surface area (Å²) in [6, 6.07) is 17.4. The predicted octanol–water partition coefficient (Wildman–Crippen LogP) is 4.36. The molecular formula is C23H22ClN3O2. The number of hydrogen-bond donors (Lipinski definition) is 0. The number of benzene rings is 2. The van der Waals surface area contributed by atoms with Gasteiger partial charge in [0, 0.05) is 25.5 Å². The number of fused-ring (bicyclic) bond motifs is 1. The summed E-state index contributed by atoms with van der Waals surface area (Å²) >= 11 is 6.17. The van der Waals surface area contributed by atoms with E-state index in [1.807, 2.05) is 48.5 Å². The van der Waals surface area contributed by atoms with Crippen LogP contribution >= 0.6 is 11.6 Å². The van der Waals surface area contributed by atoms with Crippen LogP contribution in [-0.2, 0) is 7.05 Å². The van der Waals surface area contributed by atoms with Gasteiger partial charge >= 0.3 is 0 Å². The van der Waals surface area contributed by atoms with Crippen LogP contribution in [0.4, 0.5) is 5.69 Å². The number of nitrogens with zero attached hydrogens (tertiary/aromatic N) is 3. The van der Waals surface area contributed by atoms with Gasteiger partial charge in [-0.15, -0.1) is 0 Å². The van der Waals surface area contributed by atoms with Gasteiger partial charge in [-0.05, 0) is 37.0 Å². The van der Waals surface area contributed by atoms with Gasteiger partial charge in [-0.1, -0.05) is 41.9 Å². The lowest BCUT2D eigenvalue weighted by atomic mass is 9.96. The second-order valence-electron chi connectivity index (χ2n) is 7.39. The van der Waals surface area contributed by atoms with Gasteiger partial charge in [-0.25, -0.2) is 0 Å². The van der Waals surface area contributed by atoms with Crippen LogP contribution in [0.25, 0.3) is 10.9 Å². The first kappa shape index (κ1) is 19.4. The molecule has 0 N–H and O–H groups in total. The number of nitriles is 1. The minimum atomic E-state index is -0.245. The minimum Gasteiger partial charge on any atom is -0.492 e. The van der Waals surface area contributed by atoms with E-state index in [9.17, 15) is 10.1 Å². The Morgan fingerprint density at radius 3 is 2.55 bits per heavy atom. The second kappa shape index (κ2) is 8.18. The van der Waals surface area contributed by atoms with E-state index in [-0.39, 0.29) is 11.1 Å². The first-order valence-corrected chi connectivity index (χ1v) is 10.1. The Kier molecular flexibility index (Phi) is 5.46. The van der Waals surface area contributed by atoms with Crippen molar-refractivity contribution in [3.05, 3.63) is 69.5 Å². The van der Waals surface area contributed by atoms with Crippen molar-refractivity contribution in [3.63, 3.8) is 0 Å². The lowest BCUT2D eigenvalue weighted by molar-refractivity contribution is 0.223. The van der Waals surface area contributed by atoms with Crippen molar-refractivity contribution in [3.8, 4) is 11.8 Å². The van der Waals surface area contributed by atoms with Gasteiger partial charge in [-0.3, -0.25) is 4.79 Å². The average molecular weight is 408 g/mol. The van der Waals surface area contributed by atoms with E-state index < -0.39 is 0 Å². The van der Waals surface area contributed by atoms with E-state index in [4.69, 9.17) is 16.3 Å². The van der Waals surface area contributed by atoms with Crippen molar-refractivity contribution in [1.82, 2.24) is 4.57 Å². The summed E-state index contributed by atoms with van der Waals surface area (Å²) in [6.45, 7) is 2.17. The van der Waals surface area contributed by atoms with Crippen LogP contribution in [0, 0.1) is 17.2 Å². The second-order valence-corrected chi connectivity index (χ2v) is 7.80. The van der Waals surface area contributed by atoms with Gasteiger partial charge in [0.05, 0.1) is 22.8 Å². The minimum absolute atomic E-state index is 0.219. The molecule has 0 spiro atoms. The Morgan fingerprint density at radius 1 is 1.14 bits per heavy atom. The maximum atomic E-state index is 12.7. The summed E-state index contributed by atoms with van der Waals surface area (Å²) in [7, 11) is 1.72. The molecule has 1 saturated heterocycles. The summed E-state index contributed by atoms with van der Waals surface area (Å²) in [5, 5.41) is 11.2. The number of pyridine rings is 1. The molecule has 0 bridgehead atoms. The smallest absolute Gasteiger partial charge is 0.270 e. The molecule has 148 valence electrons. The highest BCUT2D eigenvalue weighted by atomic mass is 35.5. The summed E-state index contributed by atoms with van der Waals surface area (Å²) in [5.41, 5.74) is 1.58. The molecule has 3 aromatic rings. The molecule has 0 atom stereocenters. The van der Waals surface area contributed by atoms with Crippen LogP contribution in [0.15, 0.2) is 53.3 Å². The Morgan fingerprint density at radius 2 is 1.83 bits per heavy atom. The number of halogens is 1. The number of para-hydroxylation sites is 2. The number of rotatable bonds is 4. The molecule has 0 amide bonds. The monoisotopic (exact) mass is 407 g/mol. The topological polar surface area (TPSA) is 58.3 Å². The summed E-state index contributed by atoms with van der Waals surface area (Å²) in [6.07, 6.45) is 1.86. The van der Waals surface area contributed by atoms with Crippen LogP contribution in [0.5, 0.6) is 5.75 Å². The lowest BCUT2D eigenvalue weighted by Crippen LogP contribution is -2.37. The molecule has 0 aliphatic carbocycles. The SMILES string of the molecule is Cn1c(=O)c(C#N)c(N2CCC(COc3ccccc3Cl)CC2)c2ccccc21. The molecule has 0 radical (unpaired) electrons. The zero-order valence-electron chi connectivity index (χ0n) is 16.3. The van der Waals surface area contributed by atoms with Crippen LogP contribution in [0.2, 0.25) is 5.02 Å². The third kappa shape index (κ3) is 3.68. The molecule has 1 fully saturated rings. The summed E-state index contributed by atoms with van der Waals surface area (Å²) in [5.74, 6) is 1.12. The molecule has 1 aliphatic heterocycles. The van der Waals surface area contributed by atoms with Gasteiger partial charge in [0.15, 0.2) is 0 Å².